The summed E-state index contributed by atoms with van der Waals surface area (Å²) in [6.07, 6.45) is -0.452. The molecule has 1 aromatic heterocycles. The molecule has 0 unspecified atom stereocenters. The third kappa shape index (κ3) is 114. The van der Waals surface area contributed by atoms with Gasteiger partial charge in [-0.2, -0.15) is 0 Å². The van der Waals surface area contributed by atoms with Gasteiger partial charge >= 0.3 is 137 Å². The number of ether oxygens (including phenoxy) is 1. The van der Waals surface area contributed by atoms with Crippen LogP contribution in [-0.4, -0.2) is 272 Å². The number of aromatic nitrogens is 1. The number of aliphatic hydroxyl groups is 1. The zero-order valence-corrected chi connectivity index (χ0v) is 85.2. The minimum atomic E-state index is -6.02. The number of hydrogen-bond donors (Lipinski definition) is 36. The molecule has 87 heteroatoms. The van der Waals surface area contributed by atoms with Gasteiger partial charge in [-0.15, -0.1) is 0 Å². The van der Waals surface area contributed by atoms with Crippen LogP contribution in [0.4, 0.5) is 0 Å². The van der Waals surface area contributed by atoms with Gasteiger partial charge in [0.2, 0.25) is 5.88 Å². The van der Waals surface area contributed by atoms with Crippen LogP contribution < -0.4 is 13.8 Å². The third-order valence-electron chi connectivity index (χ3n) is 12.7. The van der Waals surface area contributed by atoms with Crippen molar-refractivity contribution in [1.29, 1.82) is 0 Å². The summed E-state index contributed by atoms with van der Waals surface area (Å²) in [5.41, 5.74) is 0.660. The van der Waals surface area contributed by atoms with Crippen molar-refractivity contribution in [1.82, 2.24) is 4.98 Å². The molecule has 2 aromatic carbocycles. The Bertz CT molecular complexity index is 4370. The van der Waals surface area contributed by atoms with Gasteiger partial charge < -0.3 is 166 Å². The van der Waals surface area contributed by atoms with Crippen LogP contribution in [0.1, 0.15) is 122 Å². The third-order valence-corrected chi connectivity index (χ3v) is 20.3. The quantitative estimate of drug-likeness (QED) is 0.0285. The lowest BCUT2D eigenvalue weighted by atomic mass is 9.85. The molecule has 0 aliphatic heterocycles. The lowest BCUT2D eigenvalue weighted by molar-refractivity contribution is -0.202. The molecule has 0 amide bonds. The summed E-state index contributed by atoms with van der Waals surface area (Å²) in [6, 6.07) is 15.4. The SMILES string of the molecule is CCCCCCCC(=O)OP(=O)(O)O.CCCCCCCCCCCCOP(=O)(O)O.COc1ccc(OP(=O)(O)O)cc1.O=C(O)COP(=O)(O)O.O=P(O)(O)O.O=P(O)(O)OC1C(OP(=O)(O)O)C(OP(=O)(O)O)C(OP(=O)(O)O)C(OP(=O)(O)O)C1OP(=O)(O)O.O=P(O)(O)OCCO.O=P(O)(O)OCCOP(=O)(O)O.O=P(O)(O)OCc1ccc(Cl)cc1.O=P(O)(O)Oc1ccc[nH]1. The number of carbonyl (C=O) groups excluding carboxylic acids is 1. The van der Waals surface area contributed by atoms with Gasteiger partial charge in [0.25, 0.3) is 0 Å². The number of hydrogen-bond acceptors (Lipinski definition) is 35. The number of aliphatic carboxylic acids is 1. The molecular formula is C50H108ClNO69P16. The van der Waals surface area contributed by atoms with Crippen molar-refractivity contribution < 1.29 is 327 Å². The van der Waals surface area contributed by atoms with Gasteiger partial charge in [-0.25, -0.2) is 77.8 Å². The van der Waals surface area contributed by atoms with E-state index in [1.54, 1.807) is 42.5 Å². The van der Waals surface area contributed by atoms with Gasteiger partial charge in [0.05, 0.1) is 46.8 Å². The first kappa shape index (κ1) is 146. The van der Waals surface area contributed by atoms with Gasteiger partial charge in [-0.3, -0.25) is 88.4 Å². The Morgan fingerprint density at radius 2 is 0.613 bits per heavy atom. The number of nitrogens with one attached hydrogen (secondary N) is 1. The van der Waals surface area contributed by atoms with Crippen LogP contribution in [0, 0.1) is 0 Å². The summed E-state index contributed by atoms with van der Waals surface area (Å²) in [4.78, 5) is 302. The summed E-state index contributed by atoms with van der Waals surface area (Å²) in [5, 5.41) is 16.3. The van der Waals surface area contributed by atoms with Crippen molar-refractivity contribution in [3.05, 3.63) is 77.4 Å². The summed E-state index contributed by atoms with van der Waals surface area (Å²) in [5.74, 6) is -1.48. The van der Waals surface area contributed by atoms with Gasteiger partial charge in [0.15, 0.2) is 6.61 Å². The zero-order chi connectivity index (χ0) is 109. The Morgan fingerprint density at radius 3 is 0.854 bits per heavy atom. The topological polar surface area (TPSA) is 1180 Å². The average Bonchev–Trinajstić information content (AvgIpc) is 0.912. The van der Waals surface area contributed by atoms with Crippen LogP contribution in [0.5, 0.6) is 17.4 Å². The fraction of sp³-hybridized carbons (Fsp3) is 0.640. The highest BCUT2D eigenvalue weighted by atomic mass is 35.5. The molecular weight excluding hydrogens is 2250 g/mol. The maximum Gasteiger partial charge on any atom is 0.526 e. The van der Waals surface area contributed by atoms with Crippen LogP contribution in [0.2, 0.25) is 5.02 Å². The molecule has 1 aliphatic carbocycles. The maximum atomic E-state index is 11.4. The van der Waals surface area contributed by atoms with Crippen LogP contribution in [0.15, 0.2) is 66.9 Å². The summed E-state index contributed by atoms with van der Waals surface area (Å²) in [6.45, 7) is 1.48. The fourth-order valence-corrected chi connectivity index (χ4v) is 14.7. The Labute approximate surface area is 778 Å². The van der Waals surface area contributed by atoms with Crippen molar-refractivity contribution in [2.24, 2.45) is 0 Å². The first-order valence-electron chi connectivity index (χ1n) is 35.9. The van der Waals surface area contributed by atoms with Crippen molar-refractivity contribution in [2.45, 2.75) is 160 Å². The molecule has 1 aliphatic rings. The van der Waals surface area contributed by atoms with E-state index in [1.165, 1.54) is 76.5 Å². The molecule has 0 spiro atoms. The monoisotopic (exact) mass is 2360 g/mol. The van der Waals surface area contributed by atoms with E-state index in [0.29, 0.717) is 22.8 Å². The summed E-state index contributed by atoms with van der Waals surface area (Å²) >= 11 is 5.61. The Balaban J connectivity index is -0.000000366. The molecule has 4 rings (SSSR count). The van der Waals surface area contributed by atoms with Gasteiger partial charge in [0, 0.05) is 23.7 Å². The van der Waals surface area contributed by atoms with Gasteiger partial charge in [-0.05, 0) is 60.9 Å². The minimum Gasteiger partial charge on any atom is -0.497 e. The molecule has 814 valence electrons. The molecule has 70 nitrogen and oxygen atoms in total. The molecule has 137 heavy (non-hydrogen) atoms. The number of rotatable bonds is 50. The number of phosphoric ester groups is 15. The number of methoxy groups -OCH3 is 1. The van der Waals surface area contributed by atoms with Gasteiger partial charge in [0.1, 0.15) is 48.1 Å². The van der Waals surface area contributed by atoms with Crippen molar-refractivity contribution in [3.8, 4) is 17.4 Å². The Hall–Kier alpha value is -1.81. The molecule has 36 N–H and O–H groups in total. The smallest absolute Gasteiger partial charge is 0.497 e. The number of H-pyrrole nitrogens is 1. The zero-order valence-electron chi connectivity index (χ0n) is 70.1. The van der Waals surface area contributed by atoms with Crippen LogP contribution in [0.25, 0.3) is 0 Å². The van der Waals surface area contributed by atoms with Crippen LogP contribution in [0.3, 0.4) is 0 Å². The maximum absolute atomic E-state index is 11.4. The number of phosphoric acid groups is 16. The lowest BCUT2D eigenvalue weighted by Crippen LogP contribution is -2.66. The minimum absolute atomic E-state index is 0.0633. The molecule has 3 aromatic rings. The fourth-order valence-electron chi connectivity index (χ4n) is 8.24. The molecule has 1 heterocycles. The standard InChI is InChI=1S/C12H27O4P.C8H17O5P.C7H8ClO4P.C7H9O5P.C6H18O24P6.C4H6NO4P.C2H8O8P2.C2H5O6P.C2H7O5P.H3O4P/c1-2-3-4-5-6-7-8-9-10-11-12-16-17(13,14)15;1-2-3-4-5-6-7-8(9)13-14(10,11)12;8-7-3-1-6(2-4-7)5-12-13(9,10)11;1-11-6-2-4-7(5-3-6)12-13(8,9)10;7-31(8,9)25-1-2(26-32(10,11)12)4(28-34(16,17)18)6(30-36(22,23)24)5(29-35(19,20)21)3(1)27-33(13,14)15;6-10(7,8)9-4-2-1-3-5-4;3-11(4,5)9-1-2-10-12(6,7)8;3-2(4)1-8-9(5,6)7;3-1-2-7-8(4,5)6;1-5(2,3)4/h2-12H2,1H3,(H2,13,14,15);2-7H2,1H3,(H2,10,11,12);1-4H,5H2,(H2,9,10,11);2-5H,1H3,(H2,8,9,10);1-6H,(H2,7,8,9)(H2,10,11,12)(H2,13,14,15)(H2,16,17,18)(H2,19,20,21)(H2,22,23,24);1-3,5H,(H2,6,7,8);1-2H2,(H2,3,4,5)(H2,6,7,8);1H2,(H,3,4)(H2,5,6,7);3H,1-2H2,(H2,4,5,6);(H3,1,2,3,4). The number of carbonyl (C=O) groups is 2. The largest absolute Gasteiger partial charge is 0.526 e. The van der Waals surface area contributed by atoms with E-state index in [4.69, 9.17) is 193 Å². The molecule has 1 saturated carbocycles. The van der Waals surface area contributed by atoms with E-state index in [9.17, 15) is 78.1 Å². The van der Waals surface area contributed by atoms with Crippen molar-refractivity contribution >= 4 is 149 Å². The van der Waals surface area contributed by atoms with Crippen molar-refractivity contribution in [3.63, 3.8) is 0 Å². The summed E-state index contributed by atoms with van der Waals surface area (Å²) in [7, 11) is -79.4. The highest BCUT2D eigenvalue weighted by Crippen LogP contribution is 2.58. The first-order valence-corrected chi connectivity index (χ1v) is 60.8. The molecule has 0 atom stereocenters. The second kappa shape index (κ2) is 70.2. The van der Waals surface area contributed by atoms with Crippen LogP contribution in [-0.2, 0) is 148 Å². The number of benzene rings is 2. The normalized spacial score (nSPS) is 16.4. The van der Waals surface area contributed by atoms with E-state index >= 15 is 0 Å². The van der Waals surface area contributed by atoms with Crippen LogP contribution >= 0.6 is 137 Å². The first-order chi connectivity index (χ1) is 61.3. The number of aromatic amines is 1. The molecule has 0 bridgehead atoms. The summed E-state index contributed by atoms with van der Waals surface area (Å²) < 4.78 is 234. The molecule has 0 saturated heterocycles. The number of carboxylic acids is 1. The number of carboxylic acid groups (broad SMARTS) is 1. The lowest BCUT2D eigenvalue weighted by Gasteiger charge is -2.48. The second-order valence-corrected chi connectivity index (χ2v) is 44.2. The molecule has 1 fully saturated rings. The van der Waals surface area contributed by atoms with E-state index < -0.39 is 194 Å². The Morgan fingerprint density at radius 1 is 0.328 bits per heavy atom. The Kier molecular flexibility index (Phi) is 74.7. The highest BCUT2D eigenvalue weighted by Gasteiger charge is 2.63. The van der Waals surface area contributed by atoms with Crippen molar-refractivity contribution in [2.75, 3.05) is 46.8 Å². The number of halogens is 1. The highest BCUT2D eigenvalue weighted by molar-refractivity contribution is 7.50. The predicted molar refractivity (Wildman–Crippen MR) is 451 cm³/mol. The van der Waals surface area contributed by atoms with E-state index in [1.807, 2.05) is 0 Å². The predicted octanol–water partition coefficient (Wildman–Crippen LogP) is 3.01. The number of unbranched alkanes of at least 4 members (excludes halogenated alkanes) is 13. The van der Waals surface area contributed by atoms with Gasteiger partial charge in [-0.1, -0.05) is 121 Å². The van der Waals surface area contributed by atoms with E-state index in [-0.39, 0.29) is 44.5 Å². The molecule has 0 radical (unpaired) electrons. The van der Waals surface area contributed by atoms with E-state index in [2.05, 4.69) is 86.7 Å². The average molecular weight is 2360 g/mol. The number of aliphatic hydroxyl groups excluding tert-OH is 1. The second-order valence-electron chi connectivity index (χ2n) is 24.6. The van der Waals surface area contributed by atoms with E-state index in [0.717, 1.165) is 44.9 Å².